The molecule has 0 saturated heterocycles. The lowest BCUT2D eigenvalue weighted by Crippen LogP contribution is -2.36. The predicted molar refractivity (Wildman–Crippen MR) is 75.4 cm³/mol. The van der Waals surface area contributed by atoms with Gasteiger partial charge >= 0.3 is 0 Å². The third-order valence-corrected chi connectivity index (χ3v) is 4.83. The second kappa shape index (κ2) is 5.72. The van der Waals surface area contributed by atoms with Gasteiger partial charge in [-0.3, -0.25) is 4.98 Å². The number of rotatable bonds is 5. The van der Waals surface area contributed by atoms with Crippen molar-refractivity contribution in [3.8, 4) is 0 Å². The third-order valence-electron chi connectivity index (χ3n) is 2.90. The molecule has 0 amide bonds. The summed E-state index contributed by atoms with van der Waals surface area (Å²) in [7, 11) is -3.59. The molecule has 0 fully saturated rings. The van der Waals surface area contributed by atoms with E-state index in [1.807, 2.05) is 19.9 Å². The van der Waals surface area contributed by atoms with Gasteiger partial charge in [0.25, 0.3) is 10.0 Å². The fourth-order valence-corrected chi connectivity index (χ4v) is 3.46. The summed E-state index contributed by atoms with van der Waals surface area (Å²) >= 11 is 0. The molecule has 20 heavy (non-hydrogen) atoms. The SMILES string of the molecule is Cc1ncc(S(=O)(=O)N(Cc2cccnc2)C(C)C)[nH]1. The van der Waals surface area contributed by atoms with Crippen LogP contribution in [0.3, 0.4) is 0 Å². The molecule has 0 aromatic carbocycles. The van der Waals surface area contributed by atoms with E-state index in [9.17, 15) is 8.42 Å². The van der Waals surface area contributed by atoms with Gasteiger partial charge in [0.1, 0.15) is 5.82 Å². The molecule has 6 nitrogen and oxygen atoms in total. The molecule has 0 aliphatic heterocycles. The van der Waals surface area contributed by atoms with Crippen LogP contribution in [0.15, 0.2) is 35.7 Å². The lowest BCUT2D eigenvalue weighted by atomic mass is 10.2. The second-order valence-electron chi connectivity index (χ2n) is 4.84. The molecule has 0 aliphatic rings. The van der Waals surface area contributed by atoms with Crippen LogP contribution in [0.1, 0.15) is 25.2 Å². The number of sulfonamides is 1. The molecule has 0 saturated carbocycles. The Kier molecular flexibility index (Phi) is 4.20. The van der Waals surface area contributed by atoms with Crippen molar-refractivity contribution >= 4 is 10.0 Å². The minimum atomic E-state index is -3.59. The van der Waals surface area contributed by atoms with Crippen molar-refractivity contribution < 1.29 is 8.42 Å². The minimum absolute atomic E-state index is 0.118. The van der Waals surface area contributed by atoms with Gasteiger partial charge in [-0.25, -0.2) is 13.4 Å². The van der Waals surface area contributed by atoms with Crippen LogP contribution in [0.25, 0.3) is 0 Å². The first kappa shape index (κ1) is 14.7. The van der Waals surface area contributed by atoms with E-state index in [0.29, 0.717) is 5.82 Å². The van der Waals surface area contributed by atoms with Gasteiger partial charge in [-0.05, 0) is 32.4 Å². The number of aryl methyl sites for hydroxylation is 1. The molecule has 2 rings (SSSR count). The Morgan fingerprint density at radius 3 is 2.60 bits per heavy atom. The number of nitrogens with one attached hydrogen (secondary N) is 1. The number of hydrogen-bond acceptors (Lipinski definition) is 4. The van der Waals surface area contributed by atoms with Gasteiger partial charge in [0, 0.05) is 25.0 Å². The van der Waals surface area contributed by atoms with Gasteiger partial charge in [0.05, 0.1) is 6.20 Å². The maximum Gasteiger partial charge on any atom is 0.260 e. The zero-order chi connectivity index (χ0) is 14.8. The quantitative estimate of drug-likeness (QED) is 0.910. The Labute approximate surface area is 118 Å². The van der Waals surface area contributed by atoms with Crippen LogP contribution in [-0.2, 0) is 16.6 Å². The van der Waals surface area contributed by atoms with Crippen LogP contribution in [0, 0.1) is 6.92 Å². The lowest BCUT2D eigenvalue weighted by molar-refractivity contribution is 0.346. The molecule has 108 valence electrons. The molecule has 2 aromatic rings. The molecule has 0 atom stereocenters. The van der Waals surface area contributed by atoms with Crippen LogP contribution in [0.5, 0.6) is 0 Å². The van der Waals surface area contributed by atoms with Crippen molar-refractivity contribution in [2.45, 2.75) is 38.4 Å². The minimum Gasteiger partial charge on any atom is -0.332 e. The Morgan fingerprint density at radius 1 is 1.35 bits per heavy atom. The summed E-state index contributed by atoms with van der Waals surface area (Å²) in [6.07, 6.45) is 4.68. The van der Waals surface area contributed by atoms with Crippen LogP contribution in [-0.4, -0.2) is 33.7 Å². The summed E-state index contributed by atoms with van der Waals surface area (Å²) in [5.74, 6) is 0.577. The lowest BCUT2D eigenvalue weighted by Gasteiger charge is -2.25. The number of nitrogens with zero attached hydrogens (tertiary/aromatic N) is 3. The Balaban J connectivity index is 2.33. The zero-order valence-corrected chi connectivity index (χ0v) is 12.6. The van der Waals surface area contributed by atoms with Crippen molar-refractivity contribution in [3.63, 3.8) is 0 Å². The van der Waals surface area contributed by atoms with Crippen molar-refractivity contribution in [1.29, 1.82) is 0 Å². The fraction of sp³-hybridized carbons (Fsp3) is 0.385. The van der Waals surface area contributed by atoms with E-state index < -0.39 is 10.0 Å². The van der Waals surface area contributed by atoms with Crippen molar-refractivity contribution in [2.24, 2.45) is 0 Å². The zero-order valence-electron chi connectivity index (χ0n) is 11.7. The first-order chi connectivity index (χ1) is 9.41. The van der Waals surface area contributed by atoms with Crippen molar-refractivity contribution in [3.05, 3.63) is 42.1 Å². The van der Waals surface area contributed by atoms with Gasteiger partial charge in [-0.2, -0.15) is 4.31 Å². The van der Waals surface area contributed by atoms with E-state index in [1.165, 1.54) is 10.5 Å². The smallest absolute Gasteiger partial charge is 0.260 e. The molecule has 0 spiro atoms. The number of H-pyrrole nitrogens is 1. The van der Waals surface area contributed by atoms with Crippen LogP contribution >= 0.6 is 0 Å². The molecule has 7 heteroatoms. The third kappa shape index (κ3) is 3.05. The fourth-order valence-electron chi connectivity index (χ4n) is 1.87. The highest BCUT2D eigenvalue weighted by Crippen LogP contribution is 2.19. The normalized spacial score (nSPS) is 12.2. The van der Waals surface area contributed by atoms with E-state index in [1.54, 1.807) is 25.4 Å². The molecule has 0 unspecified atom stereocenters. The van der Waals surface area contributed by atoms with E-state index in [-0.39, 0.29) is 17.6 Å². The maximum absolute atomic E-state index is 12.6. The van der Waals surface area contributed by atoms with Gasteiger partial charge in [0.2, 0.25) is 0 Å². The number of imidazole rings is 1. The molecule has 0 bridgehead atoms. The monoisotopic (exact) mass is 294 g/mol. The molecule has 0 radical (unpaired) electrons. The molecule has 0 aliphatic carbocycles. The number of pyridine rings is 1. The van der Waals surface area contributed by atoms with Gasteiger partial charge in [0.15, 0.2) is 5.03 Å². The Morgan fingerprint density at radius 2 is 2.10 bits per heavy atom. The highest BCUT2D eigenvalue weighted by Gasteiger charge is 2.28. The van der Waals surface area contributed by atoms with Gasteiger partial charge in [-0.15, -0.1) is 0 Å². The molecule has 2 aromatic heterocycles. The predicted octanol–water partition coefficient (Wildman–Crippen LogP) is 1.71. The van der Waals surface area contributed by atoms with E-state index in [0.717, 1.165) is 5.56 Å². The molecule has 2 heterocycles. The first-order valence-electron chi connectivity index (χ1n) is 6.33. The van der Waals surface area contributed by atoms with Crippen LogP contribution in [0.2, 0.25) is 0 Å². The summed E-state index contributed by atoms with van der Waals surface area (Å²) in [6.45, 7) is 5.69. The average molecular weight is 294 g/mol. The highest BCUT2D eigenvalue weighted by atomic mass is 32.2. The number of aromatic amines is 1. The Bertz CT molecular complexity index is 665. The molecular weight excluding hydrogens is 276 g/mol. The van der Waals surface area contributed by atoms with Crippen LogP contribution < -0.4 is 0 Å². The van der Waals surface area contributed by atoms with Crippen molar-refractivity contribution in [1.82, 2.24) is 19.3 Å². The molecule has 1 N–H and O–H groups in total. The second-order valence-corrected chi connectivity index (χ2v) is 6.70. The standard InChI is InChI=1S/C13H18N4O2S/c1-10(2)17(9-12-5-4-6-14-7-12)20(18,19)13-8-15-11(3)16-13/h4-8,10H,9H2,1-3H3,(H,15,16). The first-order valence-corrected chi connectivity index (χ1v) is 7.77. The number of aromatic nitrogens is 3. The van der Waals surface area contributed by atoms with E-state index >= 15 is 0 Å². The Hall–Kier alpha value is -1.73. The summed E-state index contributed by atoms with van der Waals surface area (Å²) in [5.41, 5.74) is 0.848. The summed E-state index contributed by atoms with van der Waals surface area (Å²) in [5, 5.41) is 0.118. The maximum atomic E-state index is 12.6. The summed E-state index contributed by atoms with van der Waals surface area (Å²) < 4.78 is 26.7. The van der Waals surface area contributed by atoms with Crippen molar-refractivity contribution in [2.75, 3.05) is 0 Å². The highest BCUT2D eigenvalue weighted by molar-refractivity contribution is 7.89. The summed E-state index contributed by atoms with van der Waals surface area (Å²) in [6, 6.07) is 3.49. The average Bonchev–Trinajstić information content (AvgIpc) is 2.84. The van der Waals surface area contributed by atoms with Crippen LogP contribution in [0.4, 0.5) is 0 Å². The molecular formula is C13H18N4O2S. The van der Waals surface area contributed by atoms with E-state index in [4.69, 9.17) is 0 Å². The summed E-state index contributed by atoms with van der Waals surface area (Å²) in [4.78, 5) is 10.8. The van der Waals surface area contributed by atoms with Gasteiger partial charge in [-0.1, -0.05) is 6.07 Å². The largest absolute Gasteiger partial charge is 0.332 e. The van der Waals surface area contributed by atoms with E-state index in [2.05, 4.69) is 15.0 Å². The number of hydrogen-bond donors (Lipinski definition) is 1. The van der Waals surface area contributed by atoms with Gasteiger partial charge < -0.3 is 4.98 Å². The topological polar surface area (TPSA) is 79.0 Å².